The maximum Gasteiger partial charge on any atom is 0.302 e. The largest absolute Gasteiger partial charge is 0.462 e. The highest BCUT2D eigenvalue weighted by atomic mass is 35.5. The molecule has 1 aromatic rings. The molecule has 6 rings (SSSR count). The van der Waals surface area contributed by atoms with Crippen molar-refractivity contribution in [3.05, 3.63) is 46.0 Å². The van der Waals surface area contributed by atoms with Crippen molar-refractivity contribution in [1.82, 2.24) is 5.32 Å². The average molecular weight is 636 g/mol. The highest BCUT2D eigenvalue weighted by Crippen LogP contribution is 2.76. The number of hydrogen-bond donors (Lipinski definition) is 1. The third-order valence-electron chi connectivity index (χ3n) is 14.5. The van der Waals surface area contributed by atoms with E-state index < -0.39 is 5.41 Å². The third kappa shape index (κ3) is 4.71. The predicted octanol–water partition coefficient (Wildman–Crippen LogP) is 8.87. The lowest BCUT2D eigenvalue weighted by Crippen LogP contribution is -2.66. The fourth-order valence-electron chi connectivity index (χ4n) is 12.3. The smallest absolute Gasteiger partial charge is 0.302 e. The molecule has 5 nitrogen and oxygen atoms in total. The van der Waals surface area contributed by atoms with E-state index in [9.17, 15) is 14.4 Å². The molecule has 0 radical (unpaired) electrons. The van der Waals surface area contributed by atoms with Gasteiger partial charge in [0.25, 0.3) is 0 Å². The first kappa shape index (κ1) is 32.8. The Labute approximate surface area is 275 Å². The number of rotatable bonds is 5. The second-order valence-corrected chi connectivity index (χ2v) is 17.5. The van der Waals surface area contributed by atoms with E-state index in [1.807, 2.05) is 24.3 Å². The molecular weight excluding hydrogens is 582 g/mol. The Kier molecular flexibility index (Phi) is 7.98. The Morgan fingerprint density at radius 3 is 2.36 bits per heavy atom. The summed E-state index contributed by atoms with van der Waals surface area (Å²) < 4.78 is 5.92. The molecular formula is C39H54ClNO4. The Hall–Kier alpha value is -2.14. The van der Waals surface area contributed by atoms with Gasteiger partial charge in [0.05, 0.1) is 5.41 Å². The number of amides is 1. The van der Waals surface area contributed by atoms with Gasteiger partial charge in [-0.2, -0.15) is 0 Å². The van der Waals surface area contributed by atoms with Crippen molar-refractivity contribution >= 4 is 29.3 Å². The van der Waals surface area contributed by atoms with Gasteiger partial charge in [-0.25, -0.2) is 0 Å². The average Bonchev–Trinajstić information content (AvgIpc) is 3.27. The van der Waals surface area contributed by atoms with Gasteiger partial charge in [0.2, 0.25) is 5.91 Å². The molecule has 246 valence electrons. The number of carbonyl (C=O) groups is 3. The van der Waals surface area contributed by atoms with E-state index >= 15 is 0 Å². The Balaban J connectivity index is 1.35. The number of nitrogens with one attached hydrogen (secondary N) is 1. The fraction of sp³-hybridized carbons (Fsp3) is 0.718. The zero-order chi connectivity index (χ0) is 32.7. The van der Waals surface area contributed by atoms with Gasteiger partial charge in [0.1, 0.15) is 6.10 Å². The summed E-state index contributed by atoms with van der Waals surface area (Å²) in [6.07, 6.45) is 8.33. The minimum atomic E-state index is -0.756. The molecule has 1 amide bonds. The molecule has 0 heterocycles. The molecule has 8 atom stereocenters. The van der Waals surface area contributed by atoms with E-state index in [1.54, 1.807) is 6.92 Å². The van der Waals surface area contributed by atoms with E-state index in [-0.39, 0.29) is 57.3 Å². The number of ether oxygens (including phenoxy) is 1. The maximum atomic E-state index is 14.4. The van der Waals surface area contributed by atoms with Gasteiger partial charge in [-0.05, 0) is 120 Å². The number of esters is 1. The highest BCUT2D eigenvalue weighted by Gasteiger charge is 2.71. The van der Waals surface area contributed by atoms with Crippen LogP contribution < -0.4 is 5.32 Å². The predicted molar refractivity (Wildman–Crippen MR) is 178 cm³/mol. The van der Waals surface area contributed by atoms with E-state index in [0.29, 0.717) is 29.8 Å². The topological polar surface area (TPSA) is 72.5 Å². The van der Waals surface area contributed by atoms with Gasteiger partial charge in [-0.3, -0.25) is 14.4 Å². The summed E-state index contributed by atoms with van der Waals surface area (Å²) in [5, 5.41) is 3.92. The van der Waals surface area contributed by atoms with Crippen LogP contribution in [-0.4, -0.2) is 23.8 Å². The second kappa shape index (κ2) is 11.0. The van der Waals surface area contributed by atoms with Gasteiger partial charge in [0.15, 0.2) is 5.78 Å². The Bertz CT molecular complexity index is 1450. The monoisotopic (exact) mass is 635 g/mol. The molecule has 0 aromatic heterocycles. The number of ketones is 1. The lowest BCUT2D eigenvalue weighted by atomic mass is 9.33. The first-order chi connectivity index (χ1) is 21.0. The van der Waals surface area contributed by atoms with Crippen molar-refractivity contribution in [1.29, 1.82) is 0 Å². The van der Waals surface area contributed by atoms with Gasteiger partial charge < -0.3 is 10.1 Å². The number of carbonyl (C=O) groups excluding carboxylic acids is 3. The number of hydrogen-bond acceptors (Lipinski definition) is 4. The van der Waals surface area contributed by atoms with Crippen LogP contribution in [0.5, 0.6) is 0 Å². The van der Waals surface area contributed by atoms with Crippen molar-refractivity contribution < 1.29 is 19.1 Å². The minimum Gasteiger partial charge on any atom is -0.462 e. The summed E-state index contributed by atoms with van der Waals surface area (Å²) in [7, 11) is 0. The molecule has 5 aliphatic rings. The molecule has 2 unspecified atom stereocenters. The van der Waals surface area contributed by atoms with E-state index in [2.05, 4.69) is 53.8 Å². The van der Waals surface area contributed by atoms with E-state index in [0.717, 1.165) is 62.5 Å². The summed E-state index contributed by atoms with van der Waals surface area (Å²) in [5.74, 6) is 1.36. The summed E-state index contributed by atoms with van der Waals surface area (Å²) in [4.78, 5) is 40.3. The molecule has 1 N–H and O–H groups in total. The molecule has 0 bridgehead atoms. The van der Waals surface area contributed by atoms with Crippen LogP contribution in [0, 0.1) is 50.7 Å². The van der Waals surface area contributed by atoms with Crippen LogP contribution in [0.1, 0.15) is 119 Å². The highest BCUT2D eigenvalue weighted by molar-refractivity contribution is 6.30. The van der Waals surface area contributed by atoms with Gasteiger partial charge in [0, 0.05) is 30.3 Å². The van der Waals surface area contributed by atoms with Crippen LogP contribution in [0.2, 0.25) is 5.02 Å². The van der Waals surface area contributed by atoms with Crippen LogP contribution in [0.3, 0.4) is 0 Å². The number of allylic oxidation sites excluding steroid dienone is 1. The van der Waals surface area contributed by atoms with Crippen molar-refractivity contribution in [3.63, 3.8) is 0 Å². The summed E-state index contributed by atoms with van der Waals surface area (Å²) in [6, 6.07) is 7.63. The normalized spacial score (nSPS) is 40.3. The molecule has 4 saturated carbocycles. The van der Waals surface area contributed by atoms with Crippen molar-refractivity contribution in [3.8, 4) is 0 Å². The standard InChI is InChI=1S/C39H54ClNO4/c1-23(2)32-28(43)21-39(34(44)41-22-25-10-9-11-26(40)20-25)19-18-37(7)27(33(32)39)12-13-30-36(6)16-15-31(45-24(3)42)35(4,5)29(36)14-17-38(30,37)8/h9-11,20,23,27,29-31H,12-19,21-22H2,1-8H3,(H,41,44)/t27-,29?,30?,31+,36+,37-,38-,39-/m1/s1. The Morgan fingerprint density at radius 1 is 0.956 bits per heavy atom. The maximum absolute atomic E-state index is 14.4. The quantitative estimate of drug-likeness (QED) is 0.328. The molecule has 0 aliphatic heterocycles. The van der Waals surface area contributed by atoms with Crippen LogP contribution >= 0.6 is 11.6 Å². The van der Waals surface area contributed by atoms with Gasteiger partial charge in [-0.15, -0.1) is 0 Å². The van der Waals surface area contributed by atoms with Crippen LogP contribution in [0.4, 0.5) is 0 Å². The molecule has 0 saturated heterocycles. The lowest BCUT2D eigenvalue weighted by Gasteiger charge is -2.72. The van der Waals surface area contributed by atoms with Crippen molar-refractivity contribution in [2.24, 2.45) is 50.7 Å². The first-order valence-electron chi connectivity index (χ1n) is 17.5. The minimum absolute atomic E-state index is 0.00238. The Morgan fingerprint density at radius 2 is 1.69 bits per heavy atom. The molecule has 5 aliphatic carbocycles. The summed E-state index contributed by atoms with van der Waals surface area (Å²) in [6.45, 7) is 18.5. The van der Waals surface area contributed by atoms with Crippen molar-refractivity contribution in [2.75, 3.05) is 0 Å². The summed E-state index contributed by atoms with van der Waals surface area (Å²) in [5.41, 5.74) is 2.51. The van der Waals surface area contributed by atoms with E-state index in [4.69, 9.17) is 16.3 Å². The molecule has 6 heteroatoms. The second-order valence-electron chi connectivity index (χ2n) is 17.0. The molecule has 45 heavy (non-hydrogen) atoms. The lowest BCUT2D eigenvalue weighted by molar-refractivity contribution is -0.232. The zero-order valence-corrected chi connectivity index (χ0v) is 29.5. The first-order valence-corrected chi connectivity index (χ1v) is 17.9. The molecule has 4 fully saturated rings. The van der Waals surface area contributed by atoms with Gasteiger partial charge >= 0.3 is 5.97 Å². The van der Waals surface area contributed by atoms with Crippen LogP contribution in [-0.2, 0) is 25.7 Å². The third-order valence-corrected chi connectivity index (χ3v) is 14.7. The zero-order valence-electron chi connectivity index (χ0n) is 28.8. The number of fused-ring (bicyclic) bond motifs is 7. The number of Topliss-reactive ketones (excluding diaryl/α,β-unsaturated/α-hetero) is 1. The SMILES string of the molecule is CC(=O)O[C@H]1CC[C@@]2(C)C(CC[C@]3(C)C2CC[C@@H]2C4=C(C(C)C)C(=O)C[C@]4(C(=O)NCc4cccc(Cl)c4)CC[C@]23C)C1(C)C. The fourth-order valence-corrected chi connectivity index (χ4v) is 12.5. The van der Waals surface area contributed by atoms with Gasteiger partial charge in [-0.1, -0.05) is 72.2 Å². The van der Waals surface area contributed by atoms with E-state index in [1.165, 1.54) is 5.57 Å². The number of halogens is 1. The molecule has 1 aromatic carbocycles. The number of benzene rings is 1. The van der Waals surface area contributed by atoms with Crippen molar-refractivity contribution in [2.45, 2.75) is 126 Å². The summed E-state index contributed by atoms with van der Waals surface area (Å²) >= 11 is 6.24. The van der Waals surface area contributed by atoms with Crippen LogP contribution in [0.25, 0.3) is 0 Å². The van der Waals surface area contributed by atoms with Crippen LogP contribution in [0.15, 0.2) is 35.4 Å². The molecule has 0 spiro atoms.